The fraction of sp³-hybridized carbons (Fsp3) is 0.300. The van der Waals surface area contributed by atoms with E-state index in [1.165, 1.54) is 12.1 Å². The molecule has 1 aromatic carbocycles. The van der Waals surface area contributed by atoms with E-state index in [1.54, 1.807) is 6.07 Å². The third-order valence-electron chi connectivity index (χ3n) is 1.75. The molecule has 4 nitrogen and oxygen atoms in total. The van der Waals surface area contributed by atoms with Crippen molar-refractivity contribution in [1.29, 1.82) is 0 Å². The zero-order valence-corrected chi connectivity index (χ0v) is 8.51. The normalized spacial score (nSPS) is 9.73. The van der Waals surface area contributed by atoms with Crippen molar-refractivity contribution in [2.45, 2.75) is 6.92 Å². The number of rotatable bonds is 4. The lowest BCUT2D eigenvalue weighted by Crippen LogP contribution is -2.29. The molecule has 0 heterocycles. The lowest BCUT2D eigenvalue weighted by Gasteiger charge is -2.07. The van der Waals surface area contributed by atoms with Gasteiger partial charge in [0.1, 0.15) is 5.82 Å². The van der Waals surface area contributed by atoms with Crippen molar-refractivity contribution in [2.75, 3.05) is 24.1 Å². The van der Waals surface area contributed by atoms with Crippen LogP contribution in [0.1, 0.15) is 6.92 Å². The average Bonchev–Trinajstić information content (AvgIpc) is 2.14. The maximum atomic E-state index is 12.9. The monoisotopic (exact) mass is 211 g/mol. The van der Waals surface area contributed by atoms with Gasteiger partial charge in [-0.15, -0.1) is 0 Å². The lowest BCUT2D eigenvalue weighted by molar-refractivity contribution is -0.119. The van der Waals surface area contributed by atoms with Gasteiger partial charge in [-0.3, -0.25) is 4.79 Å². The molecule has 0 saturated carbocycles. The minimum absolute atomic E-state index is 0.108. The Labute approximate surface area is 87.7 Å². The minimum atomic E-state index is -0.423. The van der Waals surface area contributed by atoms with Crippen LogP contribution in [-0.2, 0) is 4.79 Å². The van der Waals surface area contributed by atoms with Crippen molar-refractivity contribution in [3.05, 3.63) is 24.0 Å². The minimum Gasteiger partial charge on any atom is -0.399 e. The summed E-state index contributed by atoms with van der Waals surface area (Å²) in [5.41, 5.74) is 6.27. The molecule has 1 amide bonds. The molecule has 0 unspecified atom stereocenters. The molecule has 0 aliphatic rings. The Kier molecular flexibility index (Phi) is 3.91. The van der Waals surface area contributed by atoms with E-state index >= 15 is 0 Å². The number of likely N-dealkylation sites (N-methyl/N-ethyl adjacent to an activating group) is 1. The van der Waals surface area contributed by atoms with Gasteiger partial charge in [0.15, 0.2) is 0 Å². The van der Waals surface area contributed by atoms with Crippen molar-refractivity contribution >= 4 is 17.3 Å². The van der Waals surface area contributed by atoms with Crippen LogP contribution >= 0.6 is 0 Å². The Hall–Kier alpha value is -1.78. The Morgan fingerprint density at radius 2 is 2.20 bits per heavy atom. The first kappa shape index (κ1) is 11.3. The number of hydrogen-bond donors (Lipinski definition) is 3. The summed E-state index contributed by atoms with van der Waals surface area (Å²) < 4.78 is 12.9. The molecule has 0 spiro atoms. The molecule has 15 heavy (non-hydrogen) atoms. The number of halogens is 1. The molecule has 0 atom stereocenters. The Balaban J connectivity index is 2.54. The van der Waals surface area contributed by atoms with Crippen molar-refractivity contribution in [3.8, 4) is 0 Å². The summed E-state index contributed by atoms with van der Waals surface area (Å²) >= 11 is 0. The van der Waals surface area contributed by atoms with Gasteiger partial charge in [-0.2, -0.15) is 0 Å². The number of anilines is 2. The fourth-order valence-electron chi connectivity index (χ4n) is 1.16. The van der Waals surface area contributed by atoms with Gasteiger partial charge in [0.2, 0.25) is 5.91 Å². The number of benzene rings is 1. The maximum absolute atomic E-state index is 12.9. The van der Waals surface area contributed by atoms with E-state index in [2.05, 4.69) is 10.6 Å². The predicted octanol–water partition coefficient (Wildman–Crippen LogP) is 0.956. The summed E-state index contributed by atoms with van der Waals surface area (Å²) in [5, 5.41) is 5.40. The van der Waals surface area contributed by atoms with E-state index in [4.69, 9.17) is 5.73 Å². The third-order valence-corrected chi connectivity index (χ3v) is 1.75. The molecular weight excluding hydrogens is 197 g/mol. The molecule has 0 bridgehead atoms. The molecule has 5 heteroatoms. The van der Waals surface area contributed by atoms with Crippen LogP contribution in [0, 0.1) is 5.82 Å². The highest BCUT2D eigenvalue weighted by Gasteiger charge is 2.01. The number of carbonyl (C=O) groups is 1. The molecule has 0 aliphatic heterocycles. The highest BCUT2D eigenvalue weighted by molar-refractivity contribution is 5.80. The van der Waals surface area contributed by atoms with E-state index in [0.29, 0.717) is 17.9 Å². The van der Waals surface area contributed by atoms with Crippen LogP contribution in [0.4, 0.5) is 15.8 Å². The second-order valence-corrected chi connectivity index (χ2v) is 3.08. The van der Waals surface area contributed by atoms with Crippen LogP contribution in [0.2, 0.25) is 0 Å². The first-order valence-corrected chi connectivity index (χ1v) is 4.68. The van der Waals surface area contributed by atoms with E-state index < -0.39 is 5.82 Å². The first-order chi connectivity index (χ1) is 7.11. The molecule has 0 aliphatic carbocycles. The van der Waals surface area contributed by atoms with Crippen molar-refractivity contribution in [3.63, 3.8) is 0 Å². The van der Waals surface area contributed by atoms with Crippen LogP contribution in [0.3, 0.4) is 0 Å². The van der Waals surface area contributed by atoms with Gasteiger partial charge in [-0.1, -0.05) is 0 Å². The number of nitrogens with one attached hydrogen (secondary N) is 2. The smallest absolute Gasteiger partial charge is 0.239 e. The first-order valence-electron chi connectivity index (χ1n) is 4.68. The van der Waals surface area contributed by atoms with Crippen LogP contribution in [0.25, 0.3) is 0 Å². The van der Waals surface area contributed by atoms with Crippen LogP contribution in [0.5, 0.6) is 0 Å². The SMILES string of the molecule is CCNC(=O)CNc1cc(N)cc(F)c1. The number of amides is 1. The molecule has 0 aromatic heterocycles. The predicted molar refractivity (Wildman–Crippen MR) is 58.0 cm³/mol. The topological polar surface area (TPSA) is 67.2 Å². The largest absolute Gasteiger partial charge is 0.399 e. The highest BCUT2D eigenvalue weighted by Crippen LogP contribution is 2.14. The van der Waals surface area contributed by atoms with Crippen molar-refractivity contribution < 1.29 is 9.18 Å². The molecule has 0 saturated heterocycles. The summed E-state index contributed by atoms with van der Waals surface area (Å²) in [6, 6.07) is 4.08. The third kappa shape index (κ3) is 3.84. The number of nitrogen functional groups attached to an aromatic ring is 1. The summed E-state index contributed by atoms with van der Waals surface area (Å²) in [7, 11) is 0. The van der Waals surface area contributed by atoms with Gasteiger partial charge < -0.3 is 16.4 Å². The van der Waals surface area contributed by atoms with Crippen molar-refractivity contribution in [2.24, 2.45) is 0 Å². The Morgan fingerprint density at radius 1 is 1.47 bits per heavy atom. The van der Waals surface area contributed by atoms with Gasteiger partial charge in [0, 0.05) is 17.9 Å². The average molecular weight is 211 g/mol. The molecule has 0 fully saturated rings. The molecule has 82 valence electrons. The molecule has 4 N–H and O–H groups in total. The standard InChI is InChI=1S/C10H14FN3O/c1-2-13-10(15)6-14-9-4-7(11)3-8(12)5-9/h3-5,14H,2,6,12H2,1H3,(H,13,15). The van der Waals surface area contributed by atoms with E-state index in [1.807, 2.05) is 6.92 Å². The zero-order chi connectivity index (χ0) is 11.3. The molecular formula is C10H14FN3O. The maximum Gasteiger partial charge on any atom is 0.239 e. The zero-order valence-electron chi connectivity index (χ0n) is 8.51. The van der Waals surface area contributed by atoms with Gasteiger partial charge in [0.05, 0.1) is 6.54 Å². The molecule has 1 aromatic rings. The van der Waals surface area contributed by atoms with E-state index in [-0.39, 0.29) is 12.5 Å². The second-order valence-electron chi connectivity index (χ2n) is 3.08. The Bertz CT molecular complexity index is 334. The summed E-state index contributed by atoms with van der Waals surface area (Å²) in [4.78, 5) is 11.1. The van der Waals surface area contributed by atoms with Gasteiger partial charge in [0.25, 0.3) is 0 Å². The quantitative estimate of drug-likeness (QED) is 0.650. The molecule has 1 rings (SSSR count). The van der Waals surface area contributed by atoms with Crippen LogP contribution in [-0.4, -0.2) is 19.0 Å². The highest BCUT2D eigenvalue weighted by atomic mass is 19.1. The lowest BCUT2D eigenvalue weighted by atomic mass is 10.2. The number of carbonyl (C=O) groups excluding carboxylic acids is 1. The fourth-order valence-corrected chi connectivity index (χ4v) is 1.16. The number of hydrogen-bond acceptors (Lipinski definition) is 3. The summed E-state index contributed by atoms with van der Waals surface area (Å²) in [6.07, 6.45) is 0. The van der Waals surface area contributed by atoms with Crippen LogP contribution < -0.4 is 16.4 Å². The summed E-state index contributed by atoms with van der Waals surface area (Å²) in [5.74, 6) is -0.561. The van der Waals surface area contributed by atoms with Gasteiger partial charge >= 0.3 is 0 Å². The Morgan fingerprint density at radius 3 is 2.80 bits per heavy atom. The second kappa shape index (κ2) is 5.19. The van der Waals surface area contributed by atoms with E-state index in [9.17, 15) is 9.18 Å². The summed E-state index contributed by atoms with van der Waals surface area (Å²) in [6.45, 7) is 2.51. The van der Waals surface area contributed by atoms with Gasteiger partial charge in [-0.25, -0.2) is 4.39 Å². The van der Waals surface area contributed by atoms with Crippen LogP contribution in [0.15, 0.2) is 18.2 Å². The van der Waals surface area contributed by atoms with E-state index in [0.717, 1.165) is 0 Å². The number of nitrogens with two attached hydrogens (primary N) is 1. The van der Waals surface area contributed by atoms with Gasteiger partial charge in [-0.05, 0) is 25.1 Å². The molecule has 0 radical (unpaired) electrons. The van der Waals surface area contributed by atoms with Crippen molar-refractivity contribution in [1.82, 2.24) is 5.32 Å².